The monoisotopic (exact) mass is 358 g/mol. The average molecular weight is 358 g/mol. The summed E-state index contributed by atoms with van der Waals surface area (Å²) in [5.74, 6) is -2.58. The van der Waals surface area contributed by atoms with Crippen LogP contribution in [0.2, 0.25) is 0 Å². The second kappa shape index (κ2) is 10.5. The second-order valence-electron chi connectivity index (χ2n) is 6.50. The van der Waals surface area contributed by atoms with Crippen LogP contribution in [-0.2, 0) is 28.6 Å². The average Bonchev–Trinajstić information content (AvgIpc) is 2.85. The van der Waals surface area contributed by atoms with E-state index < -0.39 is 30.0 Å². The molecule has 0 heterocycles. The van der Waals surface area contributed by atoms with Gasteiger partial charge < -0.3 is 25.7 Å². The molecule has 0 radical (unpaired) electrons. The summed E-state index contributed by atoms with van der Waals surface area (Å²) in [5, 5.41) is 0. The van der Waals surface area contributed by atoms with Gasteiger partial charge in [-0.1, -0.05) is 32.6 Å². The Morgan fingerprint density at radius 2 is 1.56 bits per heavy atom. The van der Waals surface area contributed by atoms with E-state index in [1.54, 1.807) is 0 Å². The summed E-state index contributed by atoms with van der Waals surface area (Å²) in [7, 11) is 1.18. The lowest BCUT2D eigenvalue weighted by Crippen LogP contribution is -2.44. The van der Waals surface area contributed by atoms with E-state index in [0.29, 0.717) is 0 Å². The predicted octanol–water partition coefficient (Wildman–Crippen LogP) is 0.794. The molecule has 8 heteroatoms. The van der Waals surface area contributed by atoms with Gasteiger partial charge in [-0.2, -0.15) is 0 Å². The summed E-state index contributed by atoms with van der Waals surface area (Å²) in [6.45, 7) is 2.04. The fourth-order valence-corrected chi connectivity index (χ4v) is 2.90. The zero-order valence-corrected chi connectivity index (χ0v) is 15.1. The van der Waals surface area contributed by atoms with Crippen LogP contribution in [-0.4, -0.2) is 49.3 Å². The van der Waals surface area contributed by atoms with Crippen molar-refractivity contribution in [3.05, 3.63) is 0 Å². The van der Waals surface area contributed by atoms with Gasteiger partial charge in [0.1, 0.15) is 12.1 Å². The van der Waals surface area contributed by atoms with E-state index in [4.69, 9.17) is 16.2 Å². The van der Waals surface area contributed by atoms with Crippen molar-refractivity contribution in [3.63, 3.8) is 0 Å². The van der Waals surface area contributed by atoms with Crippen molar-refractivity contribution in [2.75, 3.05) is 13.7 Å². The van der Waals surface area contributed by atoms with E-state index in [9.17, 15) is 14.4 Å². The quantitative estimate of drug-likeness (QED) is 0.370. The first-order chi connectivity index (χ1) is 11.8. The van der Waals surface area contributed by atoms with Crippen LogP contribution in [0.1, 0.15) is 58.3 Å². The maximum absolute atomic E-state index is 11.9. The Bertz CT molecular complexity index is 460. The summed E-state index contributed by atoms with van der Waals surface area (Å²) in [6.07, 6.45) is 6.91. The van der Waals surface area contributed by atoms with Gasteiger partial charge in [0.05, 0.1) is 25.7 Å². The maximum atomic E-state index is 11.9. The number of rotatable bonds is 8. The molecule has 0 spiro atoms. The largest absolute Gasteiger partial charge is 0.469 e. The van der Waals surface area contributed by atoms with Gasteiger partial charge in [-0.25, -0.2) is 9.59 Å². The van der Waals surface area contributed by atoms with Crippen LogP contribution in [0.25, 0.3) is 0 Å². The zero-order valence-electron chi connectivity index (χ0n) is 15.1. The fraction of sp³-hybridized carbons (Fsp3) is 0.824. The molecule has 2 atom stereocenters. The van der Waals surface area contributed by atoms with Gasteiger partial charge in [0, 0.05) is 0 Å². The Hall–Kier alpha value is -1.51. The highest BCUT2D eigenvalue weighted by molar-refractivity contribution is 5.92. The first kappa shape index (κ1) is 21.5. The lowest BCUT2D eigenvalue weighted by Gasteiger charge is -2.32. The van der Waals surface area contributed by atoms with Gasteiger partial charge in [0.25, 0.3) is 0 Å². The normalized spacial score (nSPS) is 19.4. The van der Waals surface area contributed by atoms with Gasteiger partial charge >= 0.3 is 17.9 Å². The molecule has 0 aliphatic heterocycles. The molecule has 0 saturated heterocycles. The van der Waals surface area contributed by atoms with E-state index in [-0.39, 0.29) is 18.6 Å². The van der Waals surface area contributed by atoms with Crippen LogP contribution in [0.3, 0.4) is 0 Å². The Kier molecular flexibility index (Phi) is 9.02. The number of hydrogen-bond donors (Lipinski definition) is 2. The van der Waals surface area contributed by atoms with E-state index in [1.165, 1.54) is 20.0 Å². The molecule has 0 aromatic carbocycles. The standard InChI is InChI=1S/C17H30N2O6/c1-3-17(8-6-4-5-7-9-17)24-11-13(19)16(22)25-15(21)12(18)10-14(20)23-2/h12-13H,3-11,18-19H2,1-2H3/t12-,13-/m0/s1. The minimum Gasteiger partial charge on any atom is -0.469 e. The Morgan fingerprint density at radius 1 is 1.00 bits per heavy atom. The molecule has 8 nitrogen and oxygen atoms in total. The number of ether oxygens (including phenoxy) is 3. The first-order valence-electron chi connectivity index (χ1n) is 8.81. The van der Waals surface area contributed by atoms with E-state index in [1.807, 2.05) is 0 Å². The maximum Gasteiger partial charge on any atom is 0.333 e. The smallest absolute Gasteiger partial charge is 0.333 e. The van der Waals surface area contributed by atoms with Gasteiger partial charge in [-0.05, 0) is 19.3 Å². The molecule has 0 bridgehead atoms. The highest BCUT2D eigenvalue weighted by Crippen LogP contribution is 2.33. The molecule has 1 aliphatic carbocycles. The summed E-state index contributed by atoms with van der Waals surface area (Å²) in [5.41, 5.74) is 11.0. The van der Waals surface area contributed by atoms with Crippen molar-refractivity contribution in [1.29, 1.82) is 0 Å². The Labute approximate surface area is 148 Å². The van der Waals surface area contributed by atoms with E-state index in [0.717, 1.165) is 32.1 Å². The Morgan fingerprint density at radius 3 is 2.08 bits per heavy atom. The molecular formula is C17H30N2O6. The molecule has 1 fully saturated rings. The molecule has 0 aromatic heterocycles. The van der Waals surface area contributed by atoms with Gasteiger partial charge in [-0.15, -0.1) is 0 Å². The van der Waals surface area contributed by atoms with Gasteiger partial charge in [0.15, 0.2) is 0 Å². The number of carbonyl (C=O) groups is 3. The number of hydrogen-bond acceptors (Lipinski definition) is 8. The van der Waals surface area contributed by atoms with Gasteiger partial charge in [0.2, 0.25) is 0 Å². The third kappa shape index (κ3) is 7.09. The van der Waals surface area contributed by atoms with Crippen molar-refractivity contribution < 1.29 is 28.6 Å². The minimum atomic E-state index is -1.27. The summed E-state index contributed by atoms with van der Waals surface area (Å²) in [6, 6.07) is -2.35. The number of carbonyl (C=O) groups excluding carboxylic acids is 3. The number of nitrogens with two attached hydrogens (primary N) is 2. The van der Waals surface area contributed by atoms with Crippen LogP contribution in [0.5, 0.6) is 0 Å². The van der Waals surface area contributed by atoms with Crippen molar-refractivity contribution in [1.82, 2.24) is 0 Å². The highest BCUT2D eigenvalue weighted by atomic mass is 16.6. The Balaban J connectivity index is 2.47. The zero-order chi connectivity index (χ0) is 18.9. The number of methoxy groups -OCH3 is 1. The van der Waals surface area contributed by atoms with Crippen LogP contribution >= 0.6 is 0 Å². The number of esters is 3. The lowest BCUT2D eigenvalue weighted by molar-refractivity contribution is -0.165. The summed E-state index contributed by atoms with van der Waals surface area (Å²) < 4.78 is 15.0. The molecule has 0 aromatic rings. The van der Waals surface area contributed by atoms with Crippen LogP contribution in [0, 0.1) is 0 Å². The molecule has 144 valence electrons. The minimum absolute atomic E-state index is 0.0216. The SMILES string of the molecule is CCC1(OC[C@H](N)C(=O)OC(=O)[C@@H](N)CC(=O)OC)CCCCCC1. The van der Waals surface area contributed by atoms with Gasteiger partial charge in [-0.3, -0.25) is 4.79 Å². The first-order valence-corrected chi connectivity index (χ1v) is 8.81. The van der Waals surface area contributed by atoms with E-state index >= 15 is 0 Å². The summed E-state index contributed by atoms with van der Waals surface area (Å²) >= 11 is 0. The molecule has 0 amide bonds. The van der Waals surface area contributed by atoms with Crippen LogP contribution in [0.4, 0.5) is 0 Å². The molecule has 1 saturated carbocycles. The van der Waals surface area contributed by atoms with Crippen molar-refractivity contribution >= 4 is 17.9 Å². The topological polar surface area (TPSA) is 131 Å². The lowest BCUT2D eigenvalue weighted by atomic mass is 9.91. The third-order valence-corrected chi connectivity index (χ3v) is 4.65. The molecule has 4 N–H and O–H groups in total. The third-order valence-electron chi connectivity index (χ3n) is 4.65. The molecule has 1 aliphatic rings. The van der Waals surface area contributed by atoms with Crippen LogP contribution in [0.15, 0.2) is 0 Å². The van der Waals surface area contributed by atoms with Crippen molar-refractivity contribution in [3.8, 4) is 0 Å². The molecule has 25 heavy (non-hydrogen) atoms. The predicted molar refractivity (Wildman–Crippen MR) is 90.4 cm³/mol. The summed E-state index contributed by atoms with van der Waals surface area (Å²) in [4.78, 5) is 34.7. The second-order valence-corrected chi connectivity index (χ2v) is 6.50. The molecular weight excluding hydrogens is 328 g/mol. The molecule has 0 unspecified atom stereocenters. The van der Waals surface area contributed by atoms with E-state index in [2.05, 4.69) is 16.4 Å². The van der Waals surface area contributed by atoms with Crippen molar-refractivity contribution in [2.24, 2.45) is 11.5 Å². The highest BCUT2D eigenvalue weighted by Gasteiger charge is 2.32. The molecule has 1 rings (SSSR count). The van der Waals surface area contributed by atoms with Crippen LogP contribution < -0.4 is 11.5 Å². The fourth-order valence-electron chi connectivity index (χ4n) is 2.90. The van der Waals surface area contributed by atoms with Crippen molar-refractivity contribution in [2.45, 2.75) is 76.0 Å².